The fourth-order valence-corrected chi connectivity index (χ4v) is 3.40. The van der Waals surface area contributed by atoms with E-state index in [1.54, 1.807) is 18.2 Å². The summed E-state index contributed by atoms with van der Waals surface area (Å²) in [6.07, 6.45) is -5.99. The van der Waals surface area contributed by atoms with Crippen LogP contribution < -0.4 is 0 Å². The lowest BCUT2D eigenvalue weighted by Crippen LogP contribution is -2.49. The Morgan fingerprint density at radius 3 is 2.32 bits per heavy atom. The molecule has 0 aliphatic heterocycles. The summed E-state index contributed by atoms with van der Waals surface area (Å²) in [5.74, 6) is -5.99. The normalized spacial score (nSPS) is 20.9. The fraction of sp³-hybridized carbons (Fsp3) is 0.550. The summed E-state index contributed by atoms with van der Waals surface area (Å²) < 4.78 is 50.7. The molecule has 0 fully saturated rings. The van der Waals surface area contributed by atoms with Gasteiger partial charge in [0.1, 0.15) is 11.0 Å². The first-order valence-corrected chi connectivity index (χ1v) is 8.82. The third-order valence-electron chi connectivity index (χ3n) is 4.73. The molecule has 2 atom stereocenters. The number of aryl methyl sites for hydroxylation is 1. The molecule has 8 heteroatoms. The topological polar surface area (TPSA) is 69.7 Å². The number of ketones is 1. The van der Waals surface area contributed by atoms with Crippen molar-refractivity contribution < 1.29 is 37.0 Å². The first-order valence-electron chi connectivity index (χ1n) is 8.82. The molecule has 0 amide bonds. The van der Waals surface area contributed by atoms with E-state index in [1.165, 1.54) is 26.8 Å². The zero-order valence-electron chi connectivity index (χ0n) is 16.2. The molecule has 28 heavy (non-hydrogen) atoms. The van der Waals surface area contributed by atoms with E-state index in [0.717, 1.165) is 7.11 Å². The van der Waals surface area contributed by atoms with Crippen LogP contribution in [0, 0.1) is 11.3 Å². The standard InChI is InChI=1S/C20H23F3O5/c1-18(2,3)28-16(25)14(20(21,22)23)11-19(17(26)27-4)10-9-12-7-5-6-8-13(12)15(19)24/h5-8,14H,9-11H2,1-4H3/t14?,19-/m1/s1. The third-order valence-corrected chi connectivity index (χ3v) is 4.73. The van der Waals surface area contributed by atoms with Crippen molar-refractivity contribution in [1.29, 1.82) is 0 Å². The van der Waals surface area contributed by atoms with Crippen LogP contribution in [0.5, 0.6) is 0 Å². The van der Waals surface area contributed by atoms with Gasteiger partial charge in [-0.1, -0.05) is 24.3 Å². The van der Waals surface area contributed by atoms with Gasteiger partial charge in [0.2, 0.25) is 0 Å². The number of benzene rings is 1. The number of halogens is 3. The molecule has 0 N–H and O–H groups in total. The minimum Gasteiger partial charge on any atom is -0.468 e. The van der Waals surface area contributed by atoms with Crippen molar-refractivity contribution in [2.75, 3.05) is 7.11 Å². The Balaban J connectivity index is 2.49. The smallest absolute Gasteiger partial charge is 0.402 e. The summed E-state index contributed by atoms with van der Waals surface area (Å²) in [6, 6.07) is 6.42. The molecule has 2 rings (SSSR count). The van der Waals surface area contributed by atoms with Crippen LogP contribution in [0.15, 0.2) is 24.3 Å². The molecule has 0 bridgehead atoms. The van der Waals surface area contributed by atoms with Gasteiger partial charge in [0.15, 0.2) is 11.7 Å². The predicted octanol–water partition coefficient (Wildman–Crippen LogP) is 3.89. The van der Waals surface area contributed by atoms with Crippen molar-refractivity contribution in [1.82, 2.24) is 0 Å². The molecule has 5 nitrogen and oxygen atoms in total. The Hall–Kier alpha value is -2.38. The van der Waals surface area contributed by atoms with Gasteiger partial charge < -0.3 is 9.47 Å². The Kier molecular flexibility index (Phi) is 5.92. The quantitative estimate of drug-likeness (QED) is 0.567. The molecule has 1 aromatic carbocycles. The number of hydrogen-bond acceptors (Lipinski definition) is 5. The van der Waals surface area contributed by atoms with Gasteiger partial charge >= 0.3 is 18.1 Å². The maximum absolute atomic E-state index is 13.7. The number of esters is 2. The lowest BCUT2D eigenvalue weighted by atomic mass is 9.66. The van der Waals surface area contributed by atoms with Gasteiger partial charge in [0.05, 0.1) is 7.11 Å². The molecule has 1 aliphatic carbocycles. The number of rotatable bonds is 4. The van der Waals surface area contributed by atoms with Crippen LogP contribution in [-0.4, -0.2) is 36.6 Å². The lowest BCUT2D eigenvalue weighted by molar-refractivity contribution is -0.209. The van der Waals surface area contributed by atoms with Gasteiger partial charge in [-0.3, -0.25) is 14.4 Å². The largest absolute Gasteiger partial charge is 0.468 e. The summed E-state index contributed by atoms with van der Waals surface area (Å²) in [4.78, 5) is 37.9. The van der Waals surface area contributed by atoms with Gasteiger partial charge in [-0.05, 0) is 45.6 Å². The van der Waals surface area contributed by atoms with E-state index in [4.69, 9.17) is 9.47 Å². The second kappa shape index (κ2) is 7.56. The maximum atomic E-state index is 13.7. The van der Waals surface area contributed by atoms with Gasteiger partial charge in [-0.25, -0.2) is 0 Å². The van der Waals surface area contributed by atoms with Crippen molar-refractivity contribution in [2.24, 2.45) is 11.3 Å². The molecule has 0 heterocycles. The van der Waals surface area contributed by atoms with Crippen LogP contribution in [0.25, 0.3) is 0 Å². The Morgan fingerprint density at radius 2 is 1.79 bits per heavy atom. The molecule has 0 spiro atoms. The fourth-order valence-electron chi connectivity index (χ4n) is 3.40. The van der Waals surface area contributed by atoms with E-state index in [1.807, 2.05) is 0 Å². The third kappa shape index (κ3) is 4.36. The Morgan fingerprint density at radius 1 is 1.18 bits per heavy atom. The highest BCUT2D eigenvalue weighted by Gasteiger charge is 2.58. The van der Waals surface area contributed by atoms with E-state index in [2.05, 4.69) is 0 Å². The first-order chi connectivity index (χ1) is 12.8. The number of hydrogen-bond donors (Lipinski definition) is 0. The van der Waals surface area contributed by atoms with Crippen LogP contribution in [0.2, 0.25) is 0 Å². The highest BCUT2D eigenvalue weighted by atomic mass is 19.4. The summed E-state index contributed by atoms with van der Waals surface area (Å²) in [6.45, 7) is 4.32. The molecule has 0 aromatic heterocycles. The number of carbonyl (C=O) groups excluding carboxylic acids is 3. The minimum absolute atomic E-state index is 0.171. The number of alkyl halides is 3. The second-order valence-corrected chi connectivity index (χ2v) is 7.89. The number of Topliss-reactive ketones (excluding diaryl/α,β-unsaturated/α-hetero) is 1. The summed E-state index contributed by atoms with van der Waals surface area (Å²) in [5.41, 5.74) is -2.43. The van der Waals surface area contributed by atoms with Crippen molar-refractivity contribution >= 4 is 17.7 Å². The van der Waals surface area contributed by atoms with E-state index >= 15 is 0 Å². The van der Waals surface area contributed by atoms with Crippen molar-refractivity contribution in [3.05, 3.63) is 35.4 Å². The molecular weight excluding hydrogens is 377 g/mol. The molecule has 154 valence electrons. The molecule has 1 unspecified atom stereocenters. The molecule has 1 aliphatic rings. The Bertz CT molecular complexity index is 779. The second-order valence-electron chi connectivity index (χ2n) is 7.89. The first kappa shape index (κ1) is 21.9. The predicted molar refractivity (Wildman–Crippen MR) is 93.5 cm³/mol. The van der Waals surface area contributed by atoms with Crippen molar-refractivity contribution in [3.8, 4) is 0 Å². The molecule has 0 saturated heterocycles. The van der Waals surface area contributed by atoms with Crippen LogP contribution >= 0.6 is 0 Å². The van der Waals surface area contributed by atoms with Crippen LogP contribution in [0.1, 0.15) is 49.5 Å². The van der Waals surface area contributed by atoms with Crippen molar-refractivity contribution in [3.63, 3.8) is 0 Å². The van der Waals surface area contributed by atoms with Gasteiger partial charge in [0, 0.05) is 5.56 Å². The monoisotopic (exact) mass is 400 g/mol. The molecule has 0 saturated carbocycles. The van der Waals surface area contributed by atoms with E-state index in [9.17, 15) is 27.6 Å². The summed E-state index contributed by atoms with van der Waals surface area (Å²) in [7, 11) is 1.01. The highest BCUT2D eigenvalue weighted by Crippen LogP contribution is 2.45. The number of fused-ring (bicyclic) bond motifs is 1. The van der Waals surface area contributed by atoms with Crippen LogP contribution in [0.4, 0.5) is 13.2 Å². The molecular formula is C20H23F3O5. The molecule has 1 aromatic rings. The van der Waals surface area contributed by atoms with Crippen LogP contribution in [-0.2, 0) is 25.5 Å². The number of carbonyl (C=O) groups is 3. The highest BCUT2D eigenvalue weighted by molar-refractivity contribution is 6.14. The summed E-state index contributed by atoms with van der Waals surface area (Å²) >= 11 is 0. The molecule has 0 radical (unpaired) electrons. The van der Waals surface area contributed by atoms with E-state index in [0.29, 0.717) is 5.56 Å². The van der Waals surface area contributed by atoms with Gasteiger partial charge in [0.25, 0.3) is 0 Å². The SMILES string of the molecule is COC(=O)[C@@]1(CC(C(=O)OC(C)(C)C)C(F)(F)F)CCc2ccccc2C1=O. The average Bonchev–Trinajstić information content (AvgIpc) is 2.58. The zero-order valence-corrected chi connectivity index (χ0v) is 16.2. The van der Waals surface area contributed by atoms with Crippen LogP contribution in [0.3, 0.4) is 0 Å². The minimum atomic E-state index is -4.99. The lowest BCUT2D eigenvalue weighted by Gasteiger charge is -2.37. The maximum Gasteiger partial charge on any atom is 0.402 e. The Labute approximate surface area is 161 Å². The van der Waals surface area contributed by atoms with E-state index < -0.39 is 47.3 Å². The number of ether oxygens (including phenoxy) is 2. The van der Waals surface area contributed by atoms with Gasteiger partial charge in [-0.2, -0.15) is 13.2 Å². The summed E-state index contributed by atoms with van der Waals surface area (Å²) in [5, 5.41) is 0. The zero-order chi connectivity index (χ0) is 21.3. The average molecular weight is 400 g/mol. The van der Waals surface area contributed by atoms with Crippen molar-refractivity contribution in [2.45, 2.75) is 51.8 Å². The van der Waals surface area contributed by atoms with E-state index in [-0.39, 0.29) is 18.4 Å². The van der Waals surface area contributed by atoms with Gasteiger partial charge in [-0.15, -0.1) is 0 Å². The number of methoxy groups -OCH3 is 1.